The lowest BCUT2D eigenvalue weighted by Gasteiger charge is -2.40. The molecule has 0 amide bonds. The van der Waals surface area contributed by atoms with Gasteiger partial charge in [0.1, 0.15) is 0 Å². The van der Waals surface area contributed by atoms with Crippen LogP contribution in [0.2, 0.25) is 0 Å². The highest BCUT2D eigenvalue weighted by Crippen LogP contribution is 2.50. The Morgan fingerprint density at radius 1 is 0.833 bits per heavy atom. The van der Waals surface area contributed by atoms with E-state index in [0.717, 1.165) is 11.3 Å². The van der Waals surface area contributed by atoms with Crippen LogP contribution in [0.5, 0.6) is 0 Å². The van der Waals surface area contributed by atoms with Crippen LogP contribution in [-0.2, 0) is 11.3 Å². The fourth-order valence-electron chi connectivity index (χ4n) is 3.49. The molecule has 3 aliphatic carbocycles. The molecule has 5 rings (SSSR count). The first-order valence-electron chi connectivity index (χ1n) is 6.23. The first kappa shape index (κ1) is 10.3. The lowest BCUT2D eigenvalue weighted by atomic mass is 9.64. The van der Waals surface area contributed by atoms with Gasteiger partial charge in [-0.1, -0.05) is 48.5 Å². The van der Waals surface area contributed by atoms with Gasteiger partial charge in [-0.15, -0.1) is 0 Å². The third-order valence-electron chi connectivity index (χ3n) is 4.20. The maximum Gasteiger partial charge on any atom is 0.0886 e. The second-order valence-electron chi connectivity index (χ2n) is 5.00. The standard InChI is InChI=1S/C16H12OS/c17-18-15-9-14-10-5-1-3-7-12(10)16(15)13-8-4-2-6-11(13)14/h1-8,14,16H,9H2. The number of fused-ring (bicyclic) bond motifs is 1. The van der Waals surface area contributed by atoms with Crippen LogP contribution in [0.3, 0.4) is 0 Å². The normalized spacial score (nSPS) is 23.4. The molecule has 88 valence electrons. The minimum absolute atomic E-state index is 0.213. The van der Waals surface area contributed by atoms with Gasteiger partial charge in [0.15, 0.2) is 0 Å². The lowest BCUT2D eigenvalue weighted by Crippen LogP contribution is -2.32. The topological polar surface area (TPSA) is 17.1 Å². The molecule has 3 aliphatic rings. The molecule has 0 unspecified atom stereocenters. The van der Waals surface area contributed by atoms with E-state index in [0.29, 0.717) is 17.2 Å². The van der Waals surface area contributed by atoms with E-state index >= 15 is 0 Å². The van der Waals surface area contributed by atoms with Crippen LogP contribution in [0.25, 0.3) is 0 Å². The fraction of sp³-hybridized carbons (Fsp3) is 0.188. The van der Waals surface area contributed by atoms with E-state index in [1.165, 1.54) is 22.3 Å². The number of rotatable bonds is 0. The Morgan fingerprint density at radius 3 is 1.83 bits per heavy atom. The van der Waals surface area contributed by atoms with E-state index in [1.807, 2.05) is 0 Å². The molecule has 2 bridgehead atoms. The van der Waals surface area contributed by atoms with Gasteiger partial charge in [-0.05, 0) is 28.7 Å². The summed E-state index contributed by atoms with van der Waals surface area (Å²) >= 11 is 0.703. The maximum absolute atomic E-state index is 11.4. The minimum atomic E-state index is 0.213. The highest BCUT2D eigenvalue weighted by Gasteiger charge is 2.40. The largest absolute Gasteiger partial charge is 0.212 e. The van der Waals surface area contributed by atoms with Crippen LogP contribution in [0.4, 0.5) is 0 Å². The van der Waals surface area contributed by atoms with Crippen molar-refractivity contribution in [1.82, 2.24) is 0 Å². The van der Waals surface area contributed by atoms with Crippen molar-refractivity contribution in [3.05, 3.63) is 70.8 Å². The van der Waals surface area contributed by atoms with Gasteiger partial charge >= 0.3 is 0 Å². The molecule has 0 radical (unpaired) electrons. The lowest BCUT2D eigenvalue weighted by molar-refractivity contribution is 0.695. The van der Waals surface area contributed by atoms with Gasteiger partial charge in [-0.25, -0.2) is 4.21 Å². The molecule has 0 spiro atoms. The van der Waals surface area contributed by atoms with E-state index < -0.39 is 0 Å². The van der Waals surface area contributed by atoms with E-state index in [9.17, 15) is 4.21 Å². The Kier molecular flexibility index (Phi) is 2.09. The Bertz CT molecular complexity index is 650. The van der Waals surface area contributed by atoms with Gasteiger partial charge in [0.05, 0.1) is 11.3 Å². The van der Waals surface area contributed by atoms with Gasteiger partial charge in [-0.3, -0.25) is 0 Å². The summed E-state index contributed by atoms with van der Waals surface area (Å²) in [7, 11) is 0. The van der Waals surface area contributed by atoms with E-state index in [1.54, 1.807) is 0 Å². The van der Waals surface area contributed by atoms with Crippen LogP contribution in [0, 0.1) is 0 Å². The van der Waals surface area contributed by atoms with Gasteiger partial charge in [0.2, 0.25) is 0 Å². The van der Waals surface area contributed by atoms with Crippen molar-refractivity contribution < 1.29 is 4.21 Å². The van der Waals surface area contributed by atoms with E-state index in [2.05, 4.69) is 48.5 Å². The summed E-state index contributed by atoms with van der Waals surface area (Å²) in [4.78, 5) is 1.08. The third kappa shape index (κ3) is 1.19. The second-order valence-corrected chi connectivity index (χ2v) is 5.69. The van der Waals surface area contributed by atoms with Crippen LogP contribution >= 0.6 is 0 Å². The second kappa shape index (κ2) is 3.66. The van der Waals surface area contributed by atoms with Crippen molar-refractivity contribution in [3.8, 4) is 0 Å². The molecule has 1 nitrogen and oxygen atoms in total. The Labute approximate surface area is 110 Å². The van der Waals surface area contributed by atoms with E-state index in [-0.39, 0.29) is 5.92 Å². The molecule has 0 atom stereocenters. The molecule has 2 aromatic rings. The van der Waals surface area contributed by atoms with Crippen molar-refractivity contribution in [2.75, 3.05) is 0 Å². The Morgan fingerprint density at radius 2 is 1.33 bits per heavy atom. The summed E-state index contributed by atoms with van der Waals surface area (Å²) in [6.07, 6.45) is 0.910. The van der Waals surface area contributed by atoms with Gasteiger partial charge in [0, 0.05) is 16.7 Å². The third-order valence-corrected chi connectivity index (χ3v) is 4.82. The predicted octanol–water partition coefficient (Wildman–Crippen LogP) is 3.05. The molecule has 0 N–H and O–H groups in total. The highest BCUT2D eigenvalue weighted by atomic mass is 32.1. The first-order chi connectivity index (χ1) is 8.90. The van der Waals surface area contributed by atoms with Crippen LogP contribution in [0.1, 0.15) is 40.5 Å². The molecule has 0 aliphatic heterocycles. The molecule has 0 saturated carbocycles. The van der Waals surface area contributed by atoms with Crippen molar-refractivity contribution >= 4 is 16.1 Å². The van der Waals surface area contributed by atoms with E-state index in [4.69, 9.17) is 0 Å². The van der Waals surface area contributed by atoms with Crippen molar-refractivity contribution in [1.29, 1.82) is 0 Å². The summed E-state index contributed by atoms with van der Waals surface area (Å²) < 4.78 is 11.4. The summed E-state index contributed by atoms with van der Waals surface area (Å²) in [6, 6.07) is 17.2. The summed E-state index contributed by atoms with van der Waals surface area (Å²) in [5.41, 5.74) is 5.51. The molecular formula is C16H12OS. The van der Waals surface area contributed by atoms with Gasteiger partial charge in [0.25, 0.3) is 0 Å². The summed E-state index contributed by atoms with van der Waals surface area (Å²) in [5.74, 6) is 0.601. The average molecular weight is 252 g/mol. The molecule has 0 heterocycles. The van der Waals surface area contributed by atoms with Crippen molar-refractivity contribution in [2.45, 2.75) is 18.3 Å². The van der Waals surface area contributed by atoms with Crippen LogP contribution in [-0.4, -0.2) is 9.07 Å². The molecular weight excluding hydrogens is 240 g/mol. The molecule has 0 fully saturated rings. The zero-order chi connectivity index (χ0) is 12.1. The Hall–Kier alpha value is -1.67. The molecule has 2 aromatic carbocycles. The monoisotopic (exact) mass is 252 g/mol. The SMILES string of the molecule is O=S=C1CC2c3ccccc3C1c1ccccc12. The summed E-state index contributed by atoms with van der Waals surface area (Å²) in [6.45, 7) is 0. The average Bonchev–Trinajstić information content (AvgIpc) is 2.47. The smallest absolute Gasteiger partial charge is 0.0886 e. The maximum atomic E-state index is 11.4. The molecule has 0 aromatic heterocycles. The molecule has 18 heavy (non-hydrogen) atoms. The minimum Gasteiger partial charge on any atom is -0.212 e. The number of benzene rings is 2. The Balaban J connectivity index is 2.09. The number of hydrogen-bond acceptors (Lipinski definition) is 1. The van der Waals surface area contributed by atoms with Crippen molar-refractivity contribution in [3.63, 3.8) is 0 Å². The van der Waals surface area contributed by atoms with Gasteiger partial charge in [-0.2, -0.15) is 0 Å². The fourth-order valence-corrected chi connectivity index (χ4v) is 4.07. The zero-order valence-electron chi connectivity index (χ0n) is 9.80. The zero-order valence-corrected chi connectivity index (χ0v) is 10.6. The highest BCUT2D eigenvalue weighted by molar-refractivity contribution is 7.66. The quantitative estimate of drug-likeness (QED) is 0.659. The first-order valence-corrected chi connectivity index (χ1v) is 6.97. The summed E-state index contributed by atoms with van der Waals surface area (Å²) in [5, 5.41) is 0. The number of hydrogen-bond donors (Lipinski definition) is 0. The van der Waals surface area contributed by atoms with Crippen molar-refractivity contribution in [2.24, 2.45) is 0 Å². The predicted molar refractivity (Wildman–Crippen MR) is 74.3 cm³/mol. The van der Waals surface area contributed by atoms with Gasteiger partial charge < -0.3 is 0 Å². The molecule has 0 saturated heterocycles. The van der Waals surface area contributed by atoms with Crippen LogP contribution in [0.15, 0.2) is 48.5 Å². The molecule has 2 heteroatoms. The van der Waals surface area contributed by atoms with Crippen LogP contribution < -0.4 is 0 Å².